The van der Waals surface area contributed by atoms with Crippen molar-refractivity contribution in [2.24, 2.45) is 0 Å². The second-order valence-electron chi connectivity index (χ2n) is 4.93. The highest BCUT2D eigenvalue weighted by atomic mass is 16.2. The van der Waals surface area contributed by atoms with Crippen LogP contribution in [0, 0.1) is 0 Å². The monoisotopic (exact) mass is 276 g/mol. The van der Waals surface area contributed by atoms with Crippen molar-refractivity contribution < 1.29 is 4.79 Å². The van der Waals surface area contributed by atoms with Crippen molar-refractivity contribution in [3.8, 4) is 0 Å². The number of hydrogen-bond acceptors (Lipinski definition) is 4. The molecule has 0 radical (unpaired) electrons. The standard InChI is InChI=1S/C13H20N6O/c1-4-6-19-7-5-11(17-19)13(20)14-12-8-10(15-16-12)9-18(2)3/h5,7-8H,4,6,9H2,1-3H3,(H2,14,15,16,20). The molecule has 7 nitrogen and oxygen atoms in total. The maximum absolute atomic E-state index is 12.0. The Morgan fingerprint density at radius 2 is 2.30 bits per heavy atom. The van der Waals surface area contributed by atoms with Crippen LogP contribution in [0.2, 0.25) is 0 Å². The smallest absolute Gasteiger partial charge is 0.277 e. The molecule has 0 saturated heterocycles. The number of anilines is 1. The zero-order valence-corrected chi connectivity index (χ0v) is 12.1. The van der Waals surface area contributed by atoms with Crippen molar-refractivity contribution in [3.05, 3.63) is 29.7 Å². The first-order chi connectivity index (χ1) is 9.58. The predicted molar refractivity (Wildman–Crippen MR) is 76.4 cm³/mol. The Balaban J connectivity index is 1.97. The average molecular weight is 276 g/mol. The molecule has 0 aliphatic heterocycles. The van der Waals surface area contributed by atoms with Gasteiger partial charge >= 0.3 is 0 Å². The molecule has 20 heavy (non-hydrogen) atoms. The van der Waals surface area contributed by atoms with Crippen molar-refractivity contribution in [1.29, 1.82) is 0 Å². The first-order valence-electron chi connectivity index (χ1n) is 6.62. The van der Waals surface area contributed by atoms with E-state index in [1.165, 1.54) is 0 Å². The van der Waals surface area contributed by atoms with Crippen molar-refractivity contribution in [3.63, 3.8) is 0 Å². The van der Waals surface area contributed by atoms with Crippen LogP contribution < -0.4 is 5.32 Å². The fraction of sp³-hybridized carbons (Fsp3) is 0.462. The summed E-state index contributed by atoms with van der Waals surface area (Å²) in [5.41, 5.74) is 1.34. The number of carbonyl (C=O) groups is 1. The molecule has 2 aromatic heterocycles. The minimum atomic E-state index is -0.247. The van der Waals surface area contributed by atoms with E-state index < -0.39 is 0 Å². The van der Waals surface area contributed by atoms with E-state index in [-0.39, 0.29) is 5.91 Å². The van der Waals surface area contributed by atoms with Crippen LogP contribution in [0.1, 0.15) is 29.5 Å². The Kier molecular flexibility index (Phi) is 4.52. The maximum atomic E-state index is 12.0. The fourth-order valence-corrected chi connectivity index (χ4v) is 1.86. The van der Waals surface area contributed by atoms with Crippen LogP contribution in [0.4, 0.5) is 5.82 Å². The molecule has 2 heterocycles. The summed E-state index contributed by atoms with van der Waals surface area (Å²) in [6, 6.07) is 3.53. The summed E-state index contributed by atoms with van der Waals surface area (Å²) in [6.07, 6.45) is 2.79. The summed E-state index contributed by atoms with van der Waals surface area (Å²) in [6.45, 7) is 3.62. The molecule has 7 heteroatoms. The van der Waals surface area contributed by atoms with Crippen molar-refractivity contribution >= 4 is 11.7 Å². The van der Waals surface area contributed by atoms with Crippen molar-refractivity contribution in [1.82, 2.24) is 24.9 Å². The number of carbonyl (C=O) groups excluding carboxylic acids is 1. The van der Waals surface area contributed by atoms with Crippen LogP contribution >= 0.6 is 0 Å². The van der Waals surface area contributed by atoms with Crippen LogP contribution in [-0.4, -0.2) is 44.9 Å². The van der Waals surface area contributed by atoms with E-state index in [2.05, 4.69) is 27.5 Å². The highest BCUT2D eigenvalue weighted by Crippen LogP contribution is 2.08. The van der Waals surface area contributed by atoms with Gasteiger partial charge in [-0.3, -0.25) is 14.6 Å². The first kappa shape index (κ1) is 14.3. The third-order valence-electron chi connectivity index (χ3n) is 2.69. The molecule has 0 spiro atoms. The van der Waals surface area contributed by atoms with Gasteiger partial charge in [0.15, 0.2) is 11.5 Å². The second kappa shape index (κ2) is 6.33. The SMILES string of the molecule is CCCn1ccc(C(=O)Nc2cc(CN(C)C)[nH]n2)n1. The van der Waals surface area contributed by atoms with Crippen LogP contribution in [0.5, 0.6) is 0 Å². The van der Waals surface area contributed by atoms with Gasteiger partial charge in [-0.1, -0.05) is 6.92 Å². The summed E-state index contributed by atoms with van der Waals surface area (Å²) in [5, 5.41) is 13.9. The highest BCUT2D eigenvalue weighted by molar-refractivity contribution is 6.02. The minimum absolute atomic E-state index is 0.247. The first-order valence-corrected chi connectivity index (χ1v) is 6.62. The van der Waals surface area contributed by atoms with Gasteiger partial charge in [-0.2, -0.15) is 10.2 Å². The van der Waals surface area contributed by atoms with E-state index in [4.69, 9.17) is 0 Å². The molecule has 2 aromatic rings. The van der Waals surface area contributed by atoms with Gasteiger partial charge in [-0.15, -0.1) is 0 Å². The lowest BCUT2D eigenvalue weighted by atomic mass is 10.4. The van der Waals surface area contributed by atoms with Gasteiger partial charge in [-0.05, 0) is 26.6 Å². The molecule has 0 aromatic carbocycles. The maximum Gasteiger partial charge on any atom is 0.277 e. The van der Waals surface area contributed by atoms with Gasteiger partial charge in [0.25, 0.3) is 5.91 Å². The van der Waals surface area contributed by atoms with E-state index in [0.29, 0.717) is 11.5 Å². The molecular weight excluding hydrogens is 256 g/mol. The predicted octanol–water partition coefficient (Wildman–Crippen LogP) is 1.33. The number of nitrogens with zero attached hydrogens (tertiary/aromatic N) is 4. The number of nitrogens with one attached hydrogen (secondary N) is 2. The Hall–Kier alpha value is -2.15. The van der Waals surface area contributed by atoms with E-state index >= 15 is 0 Å². The Morgan fingerprint density at radius 3 is 3.00 bits per heavy atom. The molecule has 0 unspecified atom stereocenters. The van der Waals surface area contributed by atoms with Crippen LogP contribution in [0.3, 0.4) is 0 Å². The highest BCUT2D eigenvalue weighted by Gasteiger charge is 2.11. The second-order valence-corrected chi connectivity index (χ2v) is 4.93. The Labute approximate surface area is 118 Å². The van der Waals surface area contributed by atoms with Gasteiger partial charge < -0.3 is 10.2 Å². The molecule has 108 valence electrons. The van der Waals surface area contributed by atoms with Crippen LogP contribution in [0.25, 0.3) is 0 Å². The summed E-state index contributed by atoms with van der Waals surface area (Å²) in [5.74, 6) is 0.264. The van der Waals surface area contributed by atoms with Crippen molar-refractivity contribution in [2.75, 3.05) is 19.4 Å². The molecule has 1 amide bonds. The summed E-state index contributed by atoms with van der Waals surface area (Å²) in [7, 11) is 3.94. The lowest BCUT2D eigenvalue weighted by Gasteiger charge is -2.05. The average Bonchev–Trinajstić information content (AvgIpc) is 2.99. The third kappa shape index (κ3) is 3.67. The lowest BCUT2D eigenvalue weighted by molar-refractivity contribution is 0.102. The number of H-pyrrole nitrogens is 1. The number of aromatic nitrogens is 4. The topological polar surface area (TPSA) is 78.8 Å². The zero-order chi connectivity index (χ0) is 14.5. The number of aromatic amines is 1. The van der Waals surface area contributed by atoms with Gasteiger partial charge in [0.1, 0.15) is 0 Å². The van der Waals surface area contributed by atoms with E-state index in [9.17, 15) is 4.79 Å². The number of amides is 1. The molecule has 2 rings (SSSR count). The third-order valence-corrected chi connectivity index (χ3v) is 2.69. The van der Waals surface area contributed by atoms with E-state index in [0.717, 1.165) is 25.2 Å². The molecule has 0 bridgehead atoms. The molecule has 2 N–H and O–H groups in total. The van der Waals surface area contributed by atoms with Crippen molar-refractivity contribution in [2.45, 2.75) is 26.4 Å². The minimum Gasteiger partial charge on any atom is -0.304 e. The molecule has 0 aliphatic carbocycles. The molecule has 0 atom stereocenters. The molecular formula is C13H20N6O. The summed E-state index contributed by atoms with van der Waals surface area (Å²) in [4.78, 5) is 14.0. The zero-order valence-electron chi connectivity index (χ0n) is 12.1. The quantitative estimate of drug-likeness (QED) is 0.834. The molecule has 0 aliphatic rings. The molecule has 0 saturated carbocycles. The van der Waals surface area contributed by atoms with Gasteiger partial charge in [-0.25, -0.2) is 0 Å². The normalized spacial score (nSPS) is 11.0. The Bertz CT molecular complexity index is 571. The number of rotatable bonds is 6. The van der Waals surface area contributed by atoms with E-state index in [1.807, 2.05) is 25.1 Å². The Morgan fingerprint density at radius 1 is 1.50 bits per heavy atom. The van der Waals surface area contributed by atoms with Gasteiger partial charge in [0, 0.05) is 25.4 Å². The van der Waals surface area contributed by atoms with Crippen LogP contribution in [-0.2, 0) is 13.1 Å². The van der Waals surface area contributed by atoms with Gasteiger partial charge in [0.05, 0.1) is 5.69 Å². The summed E-state index contributed by atoms with van der Waals surface area (Å²) >= 11 is 0. The molecule has 0 fully saturated rings. The largest absolute Gasteiger partial charge is 0.304 e. The lowest BCUT2D eigenvalue weighted by Crippen LogP contribution is -2.13. The number of hydrogen-bond donors (Lipinski definition) is 2. The number of aryl methyl sites for hydroxylation is 1. The van der Waals surface area contributed by atoms with Crippen LogP contribution in [0.15, 0.2) is 18.3 Å². The van der Waals surface area contributed by atoms with Gasteiger partial charge in [0.2, 0.25) is 0 Å². The van der Waals surface area contributed by atoms with E-state index in [1.54, 1.807) is 16.9 Å². The fourth-order valence-electron chi connectivity index (χ4n) is 1.86. The summed E-state index contributed by atoms with van der Waals surface area (Å²) < 4.78 is 1.76.